The van der Waals surface area contributed by atoms with Gasteiger partial charge in [-0.1, -0.05) is 54.6 Å². The Morgan fingerprint density at radius 2 is 0.903 bits per heavy atom. The predicted molar refractivity (Wildman–Crippen MR) is 141 cm³/mol. The van der Waals surface area contributed by atoms with Crippen LogP contribution < -0.4 is 15.9 Å². The van der Waals surface area contributed by atoms with Gasteiger partial charge in [-0.2, -0.15) is 0 Å². The number of ether oxygens (including phenoxy) is 2. The molecule has 0 saturated carbocycles. The highest BCUT2D eigenvalue weighted by molar-refractivity contribution is 8.93. The molecule has 31 heavy (non-hydrogen) atoms. The summed E-state index contributed by atoms with van der Waals surface area (Å²) in [7, 11) is -1.85. The highest BCUT2D eigenvalue weighted by Crippen LogP contribution is 2.56. The zero-order chi connectivity index (χ0) is 21.4. The molecule has 2 nitrogen and oxygen atoms in total. The molecule has 0 saturated heterocycles. The van der Waals surface area contributed by atoms with Crippen LogP contribution in [0.15, 0.2) is 91.0 Å². The van der Waals surface area contributed by atoms with Gasteiger partial charge >= 0.3 is 0 Å². The van der Waals surface area contributed by atoms with Crippen molar-refractivity contribution in [2.24, 2.45) is 0 Å². The van der Waals surface area contributed by atoms with Gasteiger partial charge in [-0.15, -0.1) is 17.0 Å². The number of hydrogen-bond donors (Lipinski definition) is 0. The van der Waals surface area contributed by atoms with E-state index in [1.54, 1.807) is 0 Å². The number of hydrogen-bond acceptors (Lipinski definition) is 2. The van der Waals surface area contributed by atoms with Crippen LogP contribution in [0.2, 0.25) is 0 Å². The second kappa shape index (κ2) is 12.5. The summed E-state index contributed by atoms with van der Waals surface area (Å²) in [5.74, 6) is 0. The quantitative estimate of drug-likeness (QED) is 0.246. The summed E-state index contributed by atoms with van der Waals surface area (Å²) in [4.78, 5) is 0. The van der Waals surface area contributed by atoms with Gasteiger partial charge in [0, 0.05) is 6.42 Å². The Labute approximate surface area is 199 Å². The summed E-state index contributed by atoms with van der Waals surface area (Å²) in [5.41, 5.74) is 0. The Kier molecular flexibility index (Phi) is 10.4. The van der Waals surface area contributed by atoms with Crippen molar-refractivity contribution in [2.45, 2.75) is 52.6 Å². The summed E-state index contributed by atoms with van der Waals surface area (Å²) in [6, 6.07) is 32.9. The Morgan fingerprint density at radius 1 is 0.581 bits per heavy atom. The van der Waals surface area contributed by atoms with Gasteiger partial charge in [0.1, 0.15) is 23.2 Å². The molecule has 0 unspecified atom stereocenters. The third-order valence-electron chi connectivity index (χ3n) is 5.14. The molecule has 4 heteroatoms. The lowest BCUT2D eigenvalue weighted by molar-refractivity contribution is -0.181. The van der Waals surface area contributed by atoms with Crippen LogP contribution in [0, 0.1) is 0 Å². The first-order chi connectivity index (χ1) is 14.5. The summed E-state index contributed by atoms with van der Waals surface area (Å²) in [6.45, 7) is 8.30. The largest absolute Gasteiger partial charge is 0.350 e. The SMILES string of the molecule is Br.CC(C)OC(CC[P+](c1ccccc1)(c1ccccc1)c1ccccc1)OC(C)C. The second-order valence-corrected chi connectivity index (χ2v) is 11.7. The first kappa shape index (κ1) is 25.7. The third kappa shape index (κ3) is 6.73. The van der Waals surface area contributed by atoms with Gasteiger partial charge in [-0.05, 0) is 64.1 Å². The van der Waals surface area contributed by atoms with Crippen LogP contribution in [0.25, 0.3) is 0 Å². The fourth-order valence-corrected chi connectivity index (χ4v) is 8.27. The van der Waals surface area contributed by atoms with E-state index in [2.05, 4.69) is 119 Å². The van der Waals surface area contributed by atoms with E-state index in [0.29, 0.717) is 0 Å². The molecule has 0 spiro atoms. The molecule has 3 aromatic rings. The molecule has 0 aliphatic carbocycles. The standard InChI is InChI=1S/C27H34O2P.BrH/c1-22(2)28-27(29-23(3)4)20-21-30(24-14-8-5-9-15-24,25-16-10-6-11-17-25)26-18-12-7-13-19-26;/h5-19,22-23,27H,20-21H2,1-4H3;1H/q+1;. The highest BCUT2D eigenvalue weighted by atomic mass is 79.9. The zero-order valence-corrected chi connectivity index (χ0v) is 21.6. The fraction of sp³-hybridized carbons (Fsp3) is 0.333. The molecule has 0 amide bonds. The lowest BCUT2D eigenvalue weighted by Crippen LogP contribution is -2.35. The van der Waals surface area contributed by atoms with Gasteiger partial charge < -0.3 is 9.47 Å². The molecule has 0 N–H and O–H groups in total. The maximum atomic E-state index is 6.16. The van der Waals surface area contributed by atoms with E-state index in [1.807, 2.05) is 0 Å². The molecule has 0 heterocycles. The van der Waals surface area contributed by atoms with Crippen LogP contribution in [0.4, 0.5) is 0 Å². The minimum atomic E-state index is -1.85. The predicted octanol–water partition coefficient (Wildman–Crippen LogP) is 6.12. The number of benzene rings is 3. The van der Waals surface area contributed by atoms with Gasteiger partial charge in [0.15, 0.2) is 6.29 Å². The Hall–Kier alpha value is -1.51. The van der Waals surface area contributed by atoms with E-state index in [0.717, 1.165) is 12.6 Å². The normalized spacial score (nSPS) is 11.7. The lowest BCUT2D eigenvalue weighted by Gasteiger charge is -2.30. The minimum Gasteiger partial charge on any atom is -0.350 e. The van der Waals surface area contributed by atoms with Crippen LogP contribution in [-0.4, -0.2) is 24.7 Å². The van der Waals surface area contributed by atoms with Crippen molar-refractivity contribution in [2.75, 3.05) is 6.16 Å². The Balaban J connectivity index is 0.00000341. The van der Waals surface area contributed by atoms with E-state index in [1.165, 1.54) is 15.9 Å². The minimum absolute atomic E-state index is 0. The molecule has 0 aliphatic heterocycles. The van der Waals surface area contributed by atoms with Crippen LogP contribution >= 0.6 is 24.2 Å². The van der Waals surface area contributed by atoms with Gasteiger partial charge in [0.25, 0.3) is 0 Å². The fourth-order valence-electron chi connectivity index (χ4n) is 3.96. The van der Waals surface area contributed by atoms with Crippen molar-refractivity contribution in [3.05, 3.63) is 91.0 Å². The number of halogens is 1. The smallest absolute Gasteiger partial charge is 0.161 e. The van der Waals surface area contributed by atoms with Crippen LogP contribution in [0.3, 0.4) is 0 Å². The maximum Gasteiger partial charge on any atom is 0.161 e. The van der Waals surface area contributed by atoms with Gasteiger partial charge in [-0.25, -0.2) is 0 Å². The van der Waals surface area contributed by atoms with Gasteiger partial charge in [0.05, 0.1) is 18.4 Å². The number of rotatable bonds is 10. The molecule has 0 radical (unpaired) electrons. The monoisotopic (exact) mass is 501 g/mol. The van der Waals surface area contributed by atoms with E-state index in [-0.39, 0.29) is 35.5 Å². The topological polar surface area (TPSA) is 18.5 Å². The second-order valence-electron chi connectivity index (χ2n) is 8.13. The van der Waals surface area contributed by atoms with E-state index in [9.17, 15) is 0 Å². The van der Waals surface area contributed by atoms with Crippen LogP contribution in [-0.2, 0) is 9.47 Å². The average molecular weight is 502 g/mol. The zero-order valence-electron chi connectivity index (χ0n) is 19.0. The molecule has 0 atom stereocenters. The van der Waals surface area contributed by atoms with E-state index < -0.39 is 7.26 Å². The summed E-state index contributed by atoms with van der Waals surface area (Å²) in [5, 5.41) is 4.20. The van der Waals surface area contributed by atoms with Crippen molar-refractivity contribution in [1.29, 1.82) is 0 Å². The maximum absolute atomic E-state index is 6.16. The molecule has 166 valence electrons. The molecule has 3 rings (SSSR count). The molecule has 0 fully saturated rings. The van der Waals surface area contributed by atoms with Gasteiger partial charge in [0.2, 0.25) is 0 Å². The Bertz CT molecular complexity index is 763. The van der Waals surface area contributed by atoms with Crippen molar-refractivity contribution in [1.82, 2.24) is 0 Å². The van der Waals surface area contributed by atoms with E-state index >= 15 is 0 Å². The molecular weight excluding hydrogens is 467 g/mol. The third-order valence-corrected chi connectivity index (χ3v) is 9.61. The summed E-state index contributed by atoms with van der Waals surface area (Å²) < 4.78 is 12.3. The molecule has 3 aromatic carbocycles. The highest BCUT2D eigenvalue weighted by Gasteiger charge is 2.45. The molecular formula is C27H35BrO2P+. The molecule has 0 bridgehead atoms. The lowest BCUT2D eigenvalue weighted by atomic mass is 10.3. The summed E-state index contributed by atoms with van der Waals surface area (Å²) >= 11 is 0. The molecule has 0 aromatic heterocycles. The summed E-state index contributed by atoms with van der Waals surface area (Å²) in [6.07, 6.45) is 1.90. The van der Waals surface area contributed by atoms with Crippen molar-refractivity contribution >= 4 is 40.2 Å². The van der Waals surface area contributed by atoms with Crippen molar-refractivity contribution in [3.63, 3.8) is 0 Å². The molecule has 0 aliphatic rings. The first-order valence-corrected chi connectivity index (χ1v) is 12.9. The van der Waals surface area contributed by atoms with Crippen molar-refractivity contribution < 1.29 is 9.47 Å². The van der Waals surface area contributed by atoms with Gasteiger partial charge in [-0.3, -0.25) is 0 Å². The van der Waals surface area contributed by atoms with Crippen LogP contribution in [0.5, 0.6) is 0 Å². The van der Waals surface area contributed by atoms with Crippen LogP contribution in [0.1, 0.15) is 34.1 Å². The average Bonchev–Trinajstić information content (AvgIpc) is 2.75. The first-order valence-electron chi connectivity index (χ1n) is 10.9. The van der Waals surface area contributed by atoms with Crippen molar-refractivity contribution in [3.8, 4) is 0 Å². The Morgan fingerprint density at radius 3 is 1.19 bits per heavy atom. The van der Waals surface area contributed by atoms with E-state index in [4.69, 9.17) is 9.47 Å².